The summed E-state index contributed by atoms with van der Waals surface area (Å²) in [5.41, 5.74) is 5.87. The number of hydrogen-bond acceptors (Lipinski definition) is 10. The highest BCUT2D eigenvalue weighted by Crippen LogP contribution is 2.39. The van der Waals surface area contributed by atoms with Crippen molar-refractivity contribution in [3.8, 4) is 16.2 Å². The average molecular weight is 633 g/mol. The highest BCUT2D eigenvalue weighted by Gasteiger charge is 2.22. The molecule has 3 aromatic rings. The van der Waals surface area contributed by atoms with Crippen LogP contribution in [0.4, 0.5) is 21.0 Å². The Hall–Kier alpha value is -3.88. The van der Waals surface area contributed by atoms with Gasteiger partial charge in [0, 0.05) is 46.6 Å². The fourth-order valence-electron chi connectivity index (χ4n) is 4.32. The number of aromatic nitrogens is 1. The molecule has 5 rings (SSSR count). The lowest BCUT2D eigenvalue weighted by Crippen LogP contribution is -2.39. The highest BCUT2D eigenvalue weighted by atomic mass is 32.2. The summed E-state index contributed by atoms with van der Waals surface area (Å²) in [4.78, 5) is 38.6. The van der Waals surface area contributed by atoms with Gasteiger partial charge in [0.05, 0.1) is 38.8 Å². The van der Waals surface area contributed by atoms with Gasteiger partial charge in [-0.3, -0.25) is 19.6 Å². The lowest BCUT2D eigenvalue weighted by molar-refractivity contribution is -0.384. The molecule has 0 radical (unpaired) electrons. The van der Waals surface area contributed by atoms with E-state index in [4.69, 9.17) is 9.47 Å². The molecule has 0 bridgehead atoms. The molecule has 1 saturated heterocycles. The molecule has 2 fully saturated rings. The molecule has 2 amide bonds. The predicted molar refractivity (Wildman–Crippen MR) is 165 cm³/mol. The maximum absolute atomic E-state index is 12.5. The van der Waals surface area contributed by atoms with Crippen molar-refractivity contribution >= 4 is 45.7 Å². The second kappa shape index (κ2) is 16.7. The first-order valence-corrected chi connectivity index (χ1v) is 16.3. The Morgan fingerprint density at radius 1 is 1.12 bits per heavy atom. The van der Waals surface area contributed by atoms with E-state index in [1.165, 1.54) is 56.4 Å². The molecule has 1 unspecified atom stereocenters. The zero-order valence-electron chi connectivity index (χ0n) is 24.3. The van der Waals surface area contributed by atoms with E-state index in [0.717, 1.165) is 15.4 Å². The van der Waals surface area contributed by atoms with Crippen LogP contribution in [0.25, 0.3) is 10.4 Å². The summed E-state index contributed by atoms with van der Waals surface area (Å²) in [7, 11) is -1.28. The molecule has 2 aromatic carbocycles. The fourth-order valence-corrected chi connectivity index (χ4v) is 6.30. The maximum Gasteiger partial charge on any atom is 0.417 e. The number of hydrogen-bond donors (Lipinski definition) is 2. The number of nitro benzene ring substituents is 1. The van der Waals surface area contributed by atoms with Crippen LogP contribution < -0.4 is 15.8 Å². The van der Waals surface area contributed by atoms with Crippen LogP contribution >= 0.6 is 11.3 Å². The molecule has 2 heterocycles. The summed E-state index contributed by atoms with van der Waals surface area (Å²) in [6.07, 6.45) is 7.97. The van der Waals surface area contributed by atoms with Gasteiger partial charge in [-0.2, -0.15) is 0 Å². The average Bonchev–Trinajstić information content (AvgIpc) is 3.47. The van der Waals surface area contributed by atoms with Crippen LogP contribution in [0.1, 0.15) is 56.9 Å². The van der Waals surface area contributed by atoms with Gasteiger partial charge in [0.1, 0.15) is 5.75 Å². The third-order valence-electron chi connectivity index (χ3n) is 6.43. The Balaban J connectivity index is 0.000000433. The molecular formula is C29H36N4O8S2. The lowest BCUT2D eigenvalue weighted by atomic mass is 9.90. The van der Waals surface area contributed by atoms with E-state index in [2.05, 4.69) is 20.8 Å². The highest BCUT2D eigenvalue weighted by molar-refractivity contribution is 7.84. The molecular weight excluding hydrogens is 596 g/mol. The molecule has 12 nitrogen and oxygen atoms in total. The summed E-state index contributed by atoms with van der Waals surface area (Å²) in [6, 6.07) is 10.4. The number of carbonyl (C=O) groups excluding carboxylic acids is 2. The van der Waals surface area contributed by atoms with Gasteiger partial charge in [-0.1, -0.05) is 39.2 Å². The van der Waals surface area contributed by atoms with Gasteiger partial charge in [-0.15, -0.1) is 11.3 Å². The molecule has 14 heteroatoms. The van der Waals surface area contributed by atoms with Gasteiger partial charge in [0.25, 0.3) is 5.69 Å². The number of anilines is 1. The second-order valence-corrected chi connectivity index (χ2v) is 11.8. The monoisotopic (exact) mass is 632 g/mol. The number of nitrogens with two attached hydrogens (primary N) is 1. The van der Waals surface area contributed by atoms with E-state index in [0.29, 0.717) is 29.7 Å². The van der Waals surface area contributed by atoms with Crippen LogP contribution in [0.2, 0.25) is 0 Å². The molecule has 1 atom stereocenters. The van der Waals surface area contributed by atoms with Crippen LogP contribution in [0.15, 0.2) is 53.6 Å². The number of carbonyl (C=O) groups is 2. The van der Waals surface area contributed by atoms with Gasteiger partial charge in [0.2, 0.25) is 0 Å². The van der Waals surface area contributed by atoms with Crippen LogP contribution in [0, 0.1) is 10.1 Å². The van der Waals surface area contributed by atoms with Gasteiger partial charge >= 0.3 is 12.2 Å². The van der Waals surface area contributed by atoms with E-state index in [1.807, 2.05) is 26.1 Å². The predicted octanol–water partition coefficient (Wildman–Crippen LogP) is 6.62. The number of rotatable bonds is 7. The zero-order chi connectivity index (χ0) is 31.4. The molecule has 1 aliphatic carbocycles. The number of non-ortho nitro benzene ring substituents is 1. The van der Waals surface area contributed by atoms with Gasteiger partial charge < -0.3 is 19.9 Å². The second-order valence-electron chi connectivity index (χ2n) is 9.42. The number of ether oxygens (including phenoxy) is 3. The number of nitrogens with zero attached hydrogens (tertiary/aromatic N) is 2. The molecule has 0 spiro atoms. The molecule has 232 valence electrons. The number of primary amides is 1. The van der Waals surface area contributed by atoms with Crippen molar-refractivity contribution in [1.29, 1.82) is 0 Å². The maximum atomic E-state index is 12.5. The smallest absolute Gasteiger partial charge is 0.417 e. The Labute approximate surface area is 256 Å². The summed E-state index contributed by atoms with van der Waals surface area (Å²) in [5, 5.41) is 14.5. The van der Waals surface area contributed by atoms with Crippen molar-refractivity contribution in [3.05, 3.63) is 63.8 Å². The number of benzene rings is 2. The van der Waals surface area contributed by atoms with E-state index >= 15 is 0 Å². The van der Waals surface area contributed by atoms with E-state index in [-0.39, 0.29) is 17.5 Å². The number of nitrogens with one attached hydrogen (secondary N) is 1. The third kappa shape index (κ3) is 10.1. The molecule has 3 N–H and O–H groups in total. The van der Waals surface area contributed by atoms with Crippen molar-refractivity contribution in [1.82, 2.24) is 4.98 Å². The van der Waals surface area contributed by atoms with Gasteiger partial charge in [-0.05, 0) is 37.1 Å². The lowest BCUT2D eigenvalue weighted by Gasteiger charge is -2.24. The Morgan fingerprint density at radius 3 is 2.33 bits per heavy atom. The standard InChI is InChI=1S/C23H23N3O5S2.C4H7NO3.C2H6/c1-33(30)21-13-16(25-23(27)31-18-10-8-17(9-11-18)26(28)29)7-12-19(21)20-14-24-22(32-20)15-5-3-2-4-6-15;5-4(6)8-3-1-7-2-3;1-2/h7-15H,2-6H2,1H3,(H,25,27);3H,1-2H2,(H2,5,6);1-2H3. The summed E-state index contributed by atoms with van der Waals surface area (Å²) >= 11 is 1.64. The normalized spacial score (nSPS) is 15.3. The topological polar surface area (TPSA) is 173 Å². The summed E-state index contributed by atoms with van der Waals surface area (Å²) in [6.45, 7) is 4.98. The summed E-state index contributed by atoms with van der Waals surface area (Å²) in [5.74, 6) is 0.678. The minimum Gasteiger partial charge on any atom is -0.441 e. The Morgan fingerprint density at radius 2 is 1.79 bits per heavy atom. The van der Waals surface area contributed by atoms with E-state index in [9.17, 15) is 23.9 Å². The quantitative estimate of drug-likeness (QED) is 0.214. The first-order valence-electron chi connectivity index (χ1n) is 13.9. The minimum absolute atomic E-state index is 0.0903. The molecule has 43 heavy (non-hydrogen) atoms. The van der Waals surface area contributed by atoms with Crippen LogP contribution in [0.3, 0.4) is 0 Å². The van der Waals surface area contributed by atoms with E-state index < -0.39 is 27.9 Å². The molecule has 1 aromatic heterocycles. The SMILES string of the molecule is CC.CS(=O)c1cc(NC(=O)Oc2ccc([N+](=O)[O-])cc2)ccc1-c1cnc(C2CCCCC2)s1.NC(=O)OC1COC1. The van der Waals surface area contributed by atoms with Crippen molar-refractivity contribution in [2.45, 2.75) is 62.9 Å². The van der Waals surface area contributed by atoms with Crippen LogP contribution in [-0.4, -0.2) is 51.9 Å². The number of nitro groups is 1. The van der Waals surface area contributed by atoms with E-state index in [1.54, 1.807) is 29.7 Å². The van der Waals surface area contributed by atoms with Crippen molar-refractivity contribution in [2.75, 3.05) is 24.8 Å². The first kappa shape index (κ1) is 33.6. The molecule has 1 saturated carbocycles. The summed E-state index contributed by atoms with van der Waals surface area (Å²) < 4.78 is 26.8. The van der Waals surface area contributed by atoms with Crippen molar-refractivity contribution in [2.24, 2.45) is 5.73 Å². The Bertz CT molecular complexity index is 1400. The van der Waals surface area contributed by atoms with Gasteiger partial charge in [-0.25, -0.2) is 14.6 Å². The molecule has 1 aliphatic heterocycles. The zero-order valence-corrected chi connectivity index (χ0v) is 25.9. The van der Waals surface area contributed by atoms with Crippen LogP contribution in [0.5, 0.6) is 5.75 Å². The Kier molecular flexibility index (Phi) is 13.0. The van der Waals surface area contributed by atoms with Crippen molar-refractivity contribution < 1.29 is 32.9 Å². The first-order chi connectivity index (χ1) is 20.7. The number of amides is 2. The van der Waals surface area contributed by atoms with Crippen LogP contribution in [-0.2, 0) is 20.3 Å². The number of thiazole rings is 1. The molecule has 2 aliphatic rings. The fraction of sp³-hybridized carbons (Fsp3) is 0.414. The third-order valence-corrected chi connectivity index (χ3v) is 8.58. The largest absolute Gasteiger partial charge is 0.441 e. The minimum atomic E-state index is -1.28. The van der Waals surface area contributed by atoms with Gasteiger partial charge in [0.15, 0.2) is 6.10 Å². The van der Waals surface area contributed by atoms with Crippen molar-refractivity contribution in [3.63, 3.8) is 0 Å².